The van der Waals surface area contributed by atoms with E-state index >= 15 is 0 Å². The van der Waals surface area contributed by atoms with Gasteiger partial charge >= 0.3 is 5.97 Å². The maximum atomic E-state index is 12.9. The van der Waals surface area contributed by atoms with Gasteiger partial charge in [-0.25, -0.2) is 4.79 Å². The highest BCUT2D eigenvalue weighted by Gasteiger charge is 2.55. The lowest BCUT2D eigenvalue weighted by Gasteiger charge is -2.58. The molecule has 0 saturated heterocycles. The molecule has 0 heterocycles. The Morgan fingerprint density at radius 1 is 1.08 bits per heavy atom. The van der Waals surface area contributed by atoms with Crippen molar-refractivity contribution >= 4 is 14.3 Å². The van der Waals surface area contributed by atoms with Gasteiger partial charge in [0.25, 0.3) is 0 Å². The summed E-state index contributed by atoms with van der Waals surface area (Å²) in [6.07, 6.45) is 13.3. The van der Waals surface area contributed by atoms with E-state index in [1.54, 1.807) is 11.1 Å². The van der Waals surface area contributed by atoms with E-state index < -0.39 is 14.4 Å². The lowest BCUT2D eigenvalue weighted by atomic mass is 9.47. The predicted octanol–water partition coefficient (Wildman–Crippen LogP) is 9.25. The van der Waals surface area contributed by atoms with Gasteiger partial charge in [0.05, 0.1) is 7.11 Å². The highest BCUT2D eigenvalue weighted by atomic mass is 28.4. The van der Waals surface area contributed by atoms with Crippen LogP contribution in [0.4, 0.5) is 0 Å². The first-order valence-electron chi connectivity index (χ1n) is 15.2. The zero-order chi connectivity index (χ0) is 27.6. The quantitative estimate of drug-likeness (QED) is 0.254. The van der Waals surface area contributed by atoms with Crippen molar-refractivity contribution in [2.24, 2.45) is 34.0 Å². The van der Waals surface area contributed by atoms with Crippen LogP contribution in [-0.2, 0) is 14.0 Å². The van der Waals surface area contributed by atoms with E-state index in [-0.39, 0.29) is 16.4 Å². The first-order chi connectivity index (χ1) is 17.0. The Labute approximate surface area is 229 Å². The van der Waals surface area contributed by atoms with E-state index in [1.165, 1.54) is 52.1 Å². The van der Waals surface area contributed by atoms with Crippen molar-refractivity contribution < 1.29 is 14.0 Å². The van der Waals surface area contributed by atoms with E-state index in [0.29, 0.717) is 22.7 Å². The summed E-state index contributed by atoms with van der Waals surface area (Å²) in [4.78, 5) is 12.9. The molecule has 3 nitrogen and oxygen atoms in total. The summed E-state index contributed by atoms with van der Waals surface area (Å²) in [5, 5.41) is 0.0610. The van der Waals surface area contributed by atoms with E-state index in [0.717, 1.165) is 18.8 Å². The van der Waals surface area contributed by atoms with Gasteiger partial charge in [-0.05, 0) is 115 Å². The first kappa shape index (κ1) is 29.1. The summed E-state index contributed by atoms with van der Waals surface area (Å²) < 4.78 is 11.9. The van der Waals surface area contributed by atoms with Crippen molar-refractivity contribution in [1.82, 2.24) is 0 Å². The van der Waals surface area contributed by atoms with E-state index in [2.05, 4.69) is 74.6 Å². The minimum Gasteiger partial charge on any atom is -0.467 e. The normalized spacial score (nSPS) is 35.2. The lowest BCUT2D eigenvalue weighted by Crippen LogP contribution is -2.48. The maximum absolute atomic E-state index is 12.9. The number of carbonyl (C=O) groups is 1. The van der Waals surface area contributed by atoms with Crippen LogP contribution in [0.25, 0.3) is 0 Å². The van der Waals surface area contributed by atoms with Crippen molar-refractivity contribution in [3.63, 3.8) is 0 Å². The van der Waals surface area contributed by atoms with Gasteiger partial charge in [-0.15, -0.1) is 0 Å². The molecule has 37 heavy (non-hydrogen) atoms. The molecule has 210 valence electrons. The highest BCUT2D eigenvalue weighted by molar-refractivity contribution is 6.74. The number of methoxy groups -OCH3 is 1. The molecule has 4 heteroatoms. The third-order valence-corrected chi connectivity index (χ3v) is 16.7. The van der Waals surface area contributed by atoms with Crippen molar-refractivity contribution in [2.45, 2.75) is 137 Å². The van der Waals surface area contributed by atoms with Crippen LogP contribution >= 0.6 is 0 Å². The molecule has 1 saturated carbocycles. The number of esters is 1. The van der Waals surface area contributed by atoms with Crippen LogP contribution in [0.15, 0.2) is 22.8 Å². The monoisotopic (exact) mass is 528 g/mol. The average Bonchev–Trinajstić information content (AvgIpc) is 3.14. The topological polar surface area (TPSA) is 35.5 Å². The fraction of sp³-hybridized carbons (Fsp3) is 0.848. The molecule has 0 bridgehead atoms. The Morgan fingerprint density at radius 2 is 1.76 bits per heavy atom. The molecule has 6 atom stereocenters. The van der Waals surface area contributed by atoms with Crippen LogP contribution < -0.4 is 0 Å². The Hall–Kier alpha value is -0.873. The number of hydrogen-bond acceptors (Lipinski definition) is 3. The zero-order valence-electron chi connectivity index (χ0n) is 26.0. The summed E-state index contributed by atoms with van der Waals surface area (Å²) in [6.45, 7) is 23.8. The largest absolute Gasteiger partial charge is 0.467 e. The summed E-state index contributed by atoms with van der Waals surface area (Å²) >= 11 is 0. The molecular formula is C33H56O3Si. The number of fused-ring (bicyclic) bond motifs is 4. The molecule has 4 aliphatic carbocycles. The molecule has 1 fully saturated rings. The number of ether oxygens (including phenoxy) is 1. The molecule has 1 unspecified atom stereocenters. The van der Waals surface area contributed by atoms with E-state index in [9.17, 15) is 4.79 Å². The Bertz CT molecular complexity index is 967. The average molecular weight is 529 g/mol. The van der Waals surface area contributed by atoms with Crippen molar-refractivity contribution in [3.8, 4) is 0 Å². The van der Waals surface area contributed by atoms with Gasteiger partial charge in [0.2, 0.25) is 0 Å². The third-order valence-electron chi connectivity index (χ3n) is 12.2. The molecule has 0 aromatic heterocycles. The molecule has 0 aromatic carbocycles. The van der Waals surface area contributed by atoms with Crippen molar-refractivity contribution in [2.75, 3.05) is 7.11 Å². The summed E-state index contributed by atoms with van der Waals surface area (Å²) in [7, 11) is -0.584. The molecule has 4 aliphatic rings. The van der Waals surface area contributed by atoms with Crippen molar-refractivity contribution in [1.29, 1.82) is 0 Å². The van der Waals surface area contributed by atoms with E-state index in [4.69, 9.17) is 9.16 Å². The van der Waals surface area contributed by atoms with Gasteiger partial charge in [0, 0.05) is 0 Å². The van der Waals surface area contributed by atoms with Gasteiger partial charge in [-0.1, -0.05) is 73.5 Å². The molecule has 0 spiro atoms. The van der Waals surface area contributed by atoms with Gasteiger partial charge in [-0.3, -0.25) is 0 Å². The fourth-order valence-electron chi connectivity index (χ4n) is 9.04. The molecule has 0 aliphatic heterocycles. The Balaban J connectivity index is 1.56. The first-order valence-corrected chi connectivity index (χ1v) is 18.1. The molecule has 0 radical (unpaired) electrons. The van der Waals surface area contributed by atoms with Gasteiger partial charge in [0.1, 0.15) is 6.10 Å². The zero-order valence-corrected chi connectivity index (χ0v) is 27.0. The van der Waals surface area contributed by atoms with Gasteiger partial charge in [-0.2, -0.15) is 0 Å². The second-order valence-corrected chi connectivity index (χ2v) is 20.5. The molecule has 0 aromatic rings. The number of allylic oxidation sites excluding steroid dienone is 4. The molecule has 0 amide bonds. The summed E-state index contributed by atoms with van der Waals surface area (Å²) in [5.74, 6) is 1.57. The molecule has 4 rings (SSSR count). The fourth-order valence-corrected chi connectivity index (χ4v) is 10.3. The number of rotatable bonds is 6. The standard InChI is InChI=1S/C33H56O3Si/c1-22(21-27(29(34)35-9)36-37(10,11)30(2,3)4)24-14-15-25-23-13-16-28-31(5,6)18-12-19-33(28,8)26(23)17-20-32(24,25)7/h15,22,24,27-28H,12-14,16-21H2,1-11H3/t22-,24-,27?,28+,32-,33-/m1/s1. The Kier molecular flexibility index (Phi) is 7.59. The predicted molar refractivity (Wildman–Crippen MR) is 157 cm³/mol. The van der Waals surface area contributed by atoms with Crippen LogP contribution in [0.2, 0.25) is 18.1 Å². The van der Waals surface area contributed by atoms with Crippen LogP contribution in [0, 0.1) is 34.0 Å². The highest BCUT2D eigenvalue weighted by Crippen LogP contribution is 2.66. The van der Waals surface area contributed by atoms with Crippen LogP contribution in [-0.4, -0.2) is 27.5 Å². The SMILES string of the molecule is COC(=O)C(C[C@@H](C)[C@H]1CC=C2C3=C(CC[C@@]21C)[C@@]1(C)CCCC(C)(C)[C@@H]1CC3)O[Si](C)(C)C(C)(C)C. The second-order valence-electron chi connectivity index (χ2n) is 15.8. The number of hydrogen-bond donors (Lipinski definition) is 0. The maximum Gasteiger partial charge on any atom is 0.333 e. The van der Waals surface area contributed by atoms with Crippen molar-refractivity contribution in [3.05, 3.63) is 22.8 Å². The van der Waals surface area contributed by atoms with Gasteiger partial charge < -0.3 is 9.16 Å². The lowest BCUT2D eigenvalue weighted by molar-refractivity contribution is -0.150. The Morgan fingerprint density at radius 3 is 2.38 bits per heavy atom. The molecule has 0 N–H and O–H groups in total. The summed E-state index contributed by atoms with van der Waals surface area (Å²) in [6, 6.07) is 0. The minimum absolute atomic E-state index is 0.0610. The minimum atomic E-state index is -2.09. The second kappa shape index (κ2) is 9.65. The summed E-state index contributed by atoms with van der Waals surface area (Å²) in [5.41, 5.74) is 6.29. The van der Waals surface area contributed by atoms with Crippen LogP contribution in [0.3, 0.4) is 0 Å². The van der Waals surface area contributed by atoms with Gasteiger partial charge in [0.15, 0.2) is 8.32 Å². The third kappa shape index (κ3) is 4.85. The van der Waals surface area contributed by atoms with Crippen LogP contribution in [0.5, 0.6) is 0 Å². The molecular weight excluding hydrogens is 472 g/mol. The smallest absolute Gasteiger partial charge is 0.333 e. The van der Waals surface area contributed by atoms with E-state index in [1.807, 2.05) is 5.57 Å². The van der Waals surface area contributed by atoms with Crippen LogP contribution in [0.1, 0.15) is 113 Å². The number of carbonyl (C=O) groups excluding carboxylic acids is 1.